The number of anilines is 1. The fraction of sp³-hybridized carbons (Fsp3) is 0.231. The van der Waals surface area contributed by atoms with Gasteiger partial charge in [-0.1, -0.05) is 0 Å². The molecule has 1 aromatic heterocycles. The molecule has 0 bridgehead atoms. The maximum absolute atomic E-state index is 13.0. The van der Waals surface area contributed by atoms with Gasteiger partial charge in [-0.15, -0.1) is 0 Å². The summed E-state index contributed by atoms with van der Waals surface area (Å²) in [5.74, 6) is 0.214. The number of carbonyl (C=O) groups is 1. The lowest BCUT2D eigenvalue weighted by molar-refractivity contribution is 0.102. The number of nitrogens with zero attached hydrogens (tertiary/aromatic N) is 2. The van der Waals surface area contributed by atoms with Gasteiger partial charge in [0.1, 0.15) is 5.82 Å². The quantitative estimate of drug-likeness (QED) is 0.923. The van der Waals surface area contributed by atoms with Crippen LogP contribution in [0.4, 0.5) is 10.2 Å². The maximum atomic E-state index is 13.0. The first-order valence-electron chi connectivity index (χ1n) is 5.67. The fourth-order valence-electron chi connectivity index (χ4n) is 1.77. The van der Waals surface area contributed by atoms with E-state index in [1.165, 1.54) is 30.0 Å². The van der Waals surface area contributed by atoms with Gasteiger partial charge in [0.2, 0.25) is 5.88 Å². The van der Waals surface area contributed by atoms with Crippen molar-refractivity contribution in [3.05, 3.63) is 41.2 Å². The van der Waals surface area contributed by atoms with E-state index >= 15 is 0 Å². The zero-order chi connectivity index (χ0) is 14.0. The van der Waals surface area contributed by atoms with Crippen LogP contribution in [0.3, 0.4) is 0 Å². The van der Waals surface area contributed by atoms with Gasteiger partial charge in [-0.2, -0.15) is 5.10 Å². The molecular formula is C13H14FN3O2. The molecule has 1 heterocycles. The number of carbonyl (C=O) groups excluding carboxylic acids is 1. The molecule has 0 saturated carbocycles. The summed E-state index contributed by atoms with van der Waals surface area (Å²) in [4.78, 5) is 12.0. The fourth-order valence-corrected chi connectivity index (χ4v) is 1.77. The van der Waals surface area contributed by atoms with E-state index in [9.17, 15) is 9.18 Å². The summed E-state index contributed by atoms with van der Waals surface area (Å²) in [7, 11) is 3.23. The third-order valence-electron chi connectivity index (χ3n) is 2.72. The molecule has 2 rings (SSSR count). The van der Waals surface area contributed by atoms with Crippen LogP contribution in [0.5, 0.6) is 5.88 Å². The topological polar surface area (TPSA) is 56.1 Å². The zero-order valence-electron chi connectivity index (χ0n) is 10.9. The standard InChI is InChI=1S/C13H14FN3O2/c1-8-6-9(14)4-5-10(8)13(18)15-11-7-12(19-3)17(2)16-11/h4-7H,1-3H3,(H,15,16,18). The Kier molecular flexibility index (Phi) is 3.50. The van der Waals surface area contributed by atoms with E-state index in [1.807, 2.05) is 0 Å². The van der Waals surface area contributed by atoms with Crippen LogP contribution in [0.25, 0.3) is 0 Å². The van der Waals surface area contributed by atoms with Crippen LogP contribution < -0.4 is 10.1 Å². The van der Waals surface area contributed by atoms with Gasteiger partial charge in [-0.25, -0.2) is 9.07 Å². The number of aryl methyl sites for hydroxylation is 2. The summed E-state index contributed by atoms with van der Waals surface area (Å²) in [6, 6.07) is 5.62. The van der Waals surface area contributed by atoms with E-state index in [2.05, 4.69) is 10.4 Å². The first-order chi connectivity index (χ1) is 9.01. The summed E-state index contributed by atoms with van der Waals surface area (Å²) in [6.07, 6.45) is 0. The van der Waals surface area contributed by atoms with Gasteiger partial charge >= 0.3 is 0 Å². The van der Waals surface area contributed by atoms with Crippen LogP contribution in [0.2, 0.25) is 0 Å². The second-order valence-electron chi connectivity index (χ2n) is 4.11. The number of hydrogen-bond donors (Lipinski definition) is 1. The van der Waals surface area contributed by atoms with Crippen molar-refractivity contribution >= 4 is 11.7 Å². The van der Waals surface area contributed by atoms with Gasteiger partial charge in [0.15, 0.2) is 5.82 Å². The number of amides is 1. The second kappa shape index (κ2) is 5.09. The van der Waals surface area contributed by atoms with Crippen molar-refractivity contribution in [1.29, 1.82) is 0 Å². The summed E-state index contributed by atoms with van der Waals surface area (Å²) < 4.78 is 19.5. The number of aromatic nitrogens is 2. The summed E-state index contributed by atoms with van der Waals surface area (Å²) in [6.45, 7) is 1.68. The number of halogens is 1. The van der Waals surface area contributed by atoms with E-state index in [0.29, 0.717) is 22.8 Å². The molecule has 0 fully saturated rings. The Bertz CT molecular complexity index is 622. The van der Waals surface area contributed by atoms with Gasteiger partial charge in [0, 0.05) is 18.7 Å². The Morgan fingerprint density at radius 2 is 2.16 bits per heavy atom. The molecule has 5 nitrogen and oxygen atoms in total. The maximum Gasteiger partial charge on any atom is 0.257 e. The Morgan fingerprint density at radius 1 is 1.42 bits per heavy atom. The lowest BCUT2D eigenvalue weighted by Gasteiger charge is -2.05. The van der Waals surface area contributed by atoms with Gasteiger partial charge in [0.25, 0.3) is 5.91 Å². The lowest BCUT2D eigenvalue weighted by Crippen LogP contribution is -2.14. The van der Waals surface area contributed by atoms with Gasteiger partial charge < -0.3 is 10.1 Å². The summed E-state index contributed by atoms with van der Waals surface area (Å²) in [5.41, 5.74) is 0.978. The predicted molar refractivity (Wildman–Crippen MR) is 68.9 cm³/mol. The highest BCUT2D eigenvalue weighted by Gasteiger charge is 2.12. The third kappa shape index (κ3) is 2.73. The minimum atomic E-state index is -0.367. The highest BCUT2D eigenvalue weighted by molar-refractivity contribution is 6.04. The molecule has 19 heavy (non-hydrogen) atoms. The van der Waals surface area contributed by atoms with Crippen molar-refractivity contribution in [3.8, 4) is 5.88 Å². The number of nitrogens with one attached hydrogen (secondary N) is 1. The van der Waals surface area contributed by atoms with Crippen LogP contribution in [0, 0.1) is 12.7 Å². The number of rotatable bonds is 3. The third-order valence-corrected chi connectivity index (χ3v) is 2.72. The molecule has 6 heteroatoms. The van der Waals surface area contributed by atoms with E-state index in [0.717, 1.165) is 0 Å². The summed E-state index contributed by atoms with van der Waals surface area (Å²) >= 11 is 0. The Balaban J connectivity index is 2.20. The molecule has 1 amide bonds. The number of hydrogen-bond acceptors (Lipinski definition) is 3. The van der Waals surface area contributed by atoms with Crippen molar-refractivity contribution in [2.24, 2.45) is 7.05 Å². The Labute approximate surface area is 110 Å². The molecule has 2 aromatic rings. The van der Waals surface area contributed by atoms with Crippen LogP contribution >= 0.6 is 0 Å². The molecular weight excluding hydrogens is 249 g/mol. The highest BCUT2D eigenvalue weighted by atomic mass is 19.1. The molecule has 0 aliphatic rings. The minimum Gasteiger partial charge on any atom is -0.481 e. The average Bonchev–Trinajstić information content (AvgIpc) is 2.69. The smallest absolute Gasteiger partial charge is 0.257 e. The first-order valence-corrected chi connectivity index (χ1v) is 5.67. The minimum absolute atomic E-state index is 0.335. The molecule has 0 unspecified atom stereocenters. The van der Waals surface area contributed by atoms with Crippen LogP contribution in [0.15, 0.2) is 24.3 Å². The van der Waals surface area contributed by atoms with Crippen molar-refractivity contribution in [2.45, 2.75) is 6.92 Å². The Hall–Kier alpha value is -2.37. The molecule has 0 aliphatic carbocycles. The average molecular weight is 263 g/mol. The molecule has 0 spiro atoms. The van der Waals surface area contributed by atoms with E-state index < -0.39 is 0 Å². The SMILES string of the molecule is COc1cc(NC(=O)c2ccc(F)cc2C)nn1C. The largest absolute Gasteiger partial charge is 0.481 e. The Morgan fingerprint density at radius 3 is 2.74 bits per heavy atom. The predicted octanol–water partition coefficient (Wildman–Crippen LogP) is 2.13. The first kappa shape index (κ1) is 13.1. The zero-order valence-corrected chi connectivity index (χ0v) is 10.9. The molecule has 0 atom stereocenters. The van der Waals surface area contributed by atoms with Crippen molar-refractivity contribution < 1.29 is 13.9 Å². The monoisotopic (exact) mass is 263 g/mol. The van der Waals surface area contributed by atoms with E-state index in [-0.39, 0.29) is 11.7 Å². The van der Waals surface area contributed by atoms with Crippen molar-refractivity contribution in [1.82, 2.24) is 9.78 Å². The lowest BCUT2D eigenvalue weighted by atomic mass is 10.1. The van der Waals surface area contributed by atoms with Crippen LogP contribution in [0.1, 0.15) is 15.9 Å². The molecule has 1 aromatic carbocycles. The summed E-state index contributed by atoms with van der Waals surface area (Å²) in [5, 5.41) is 6.72. The van der Waals surface area contributed by atoms with Gasteiger partial charge in [-0.05, 0) is 30.7 Å². The van der Waals surface area contributed by atoms with Gasteiger partial charge in [0.05, 0.1) is 7.11 Å². The molecule has 0 saturated heterocycles. The molecule has 100 valence electrons. The second-order valence-corrected chi connectivity index (χ2v) is 4.11. The van der Waals surface area contributed by atoms with Crippen molar-refractivity contribution in [3.63, 3.8) is 0 Å². The highest BCUT2D eigenvalue weighted by Crippen LogP contribution is 2.17. The van der Waals surface area contributed by atoms with Crippen LogP contribution in [-0.4, -0.2) is 22.8 Å². The van der Waals surface area contributed by atoms with Crippen LogP contribution in [-0.2, 0) is 7.05 Å². The molecule has 0 radical (unpaired) electrons. The molecule has 0 aliphatic heterocycles. The molecule has 1 N–H and O–H groups in total. The normalized spacial score (nSPS) is 10.3. The number of methoxy groups -OCH3 is 1. The number of ether oxygens (including phenoxy) is 1. The van der Waals surface area contributed by atoms with Crippen molar-refractivity contribution in [2.75, 3.05) is 12.4 Å². The number of benzene rings is 1. The van der Waals surface area contributed by atoms with E-state index in [4.69, 9.17) is 4.74 Å². The van der Waals surface area contributed by atoms with E-state index in [1.54, 1.807) is 20.0 Å². The van der Waals surface area contributed by atoms with Gasteiger partial charge in [-0.3, -0.25) is 4.79 Å².